The van der Waals surface area contributed by atoms with Crippen molar-refractivity contribution < 1.29 is 9.18 Å². The normalized spacial score (nSPS) is 20.4. The monoisotopic (exact) mass is 393 g/mol. The maximum Gasteiger partial charge on any atom is 0.276 e. The Bertz CT molecular complexity index is 1140. The van der Waals surface area contributed by atoms with Gasteiger partial charge in [-0.3, -0.25) is 9.59 Å². The maximum absolute atomic E-state index is 13.9. The summed E-state index contributed by atoms with van der Waals surface area (Å²) in [5.41, 5.74) is 1.76. The topological polar surface area (TPSA) is 73.0 Å². The van der Waals surface area contributed by atoms with Crippen molar-refractivity contribution in [2.24, 2.45) is 5.92 Å². The number of carbonyl (C=O) groups excluding carboxylic acids is 1. The zero-order chi connectivity index (χ0) is 20.0. The van der Waals surface area contributed by atoms with Crippen molar-refractivity contribution in [1.29, 1.82) is 0 Å². The number of nitrogens with zero attached hydrogens (tertiary/aromatic N) is 5. The summed E-state index contributed by atoms with van der Waals surface area (Å²) in [6.45, 7) is 2.00. The zero-order valence-electron chi connectivity index (χ0n) is 15.7. The molecule has 148 valence electrons. The first kappa shape index (κ1) is 17.8. The Balaban J connectivity index is 1.34. The molecular weight excluding hydrogens is 373 g/mol. The van der Waals surface area contributed by atoms with E-state index in [1.807, 2.05) is 10.6 Å². The summed E-state index contributed by atoms with van der Waals surface area (Å²) in [5.74, 6) is -0.0904. The number of aromatic nitrogens is 4. The van der Waals surface area contributed by atoms with E-state index < -0.39 is 0 Å². The molecule has 1 amide bonds. The molecule has 0 aliphatic carbocycles. The zero-order valence-corrected chi connectivity index (χ0v) is 15.7. The smallest absolute Gasteiger partial charge is 0.276 e. The van der Waals surface area contributed by atoms with Crippen molar-refractivity contribution in [3.8, 4) is 0 Å². The molecule has 3 aromatic rings. The number of rotatable bonds is 3. The molecule has 2 aliphatic heterocycles. The van der Waals surface area contributed by atoms with E-state index in [1.54, 1.807) is 41.4 Å². The van der Waals surface area contributed by atoms with Crippen molar-refractivity contribution in [2.45, 2.75) is 25.4 Å². The summed E-state index contributed by atoms with van der Waals surface area (Å²) in [6.07, 6.45) is 2.55. The molecule has 1 fully saturated rings. The molecular formula is C21H20FN5O2. The summed E-state index contributed by atoms with van der Waals surface area (Å²) in [5, 5.41) is 8.01. The number of pyridine rings is 1. The Morgan fingerprint density at radius 3 is 2.83 bits per heavy atom. The number of fused-ring (bicyclic) bond motifs is 4. The summed E-state index contributed by atoms with van der Waals surface area (Å²) in [7, 11) is 0. The minimum Gasteiger partial charge on any atom is -0.336 e. The van der Waals surface area contributed by atoms with Crippen LogP contribution in [0.4, 0.5) is 4.39 Å². The number of piperidine rings is 1. The molecule has 1 saturated heterocycles. The molecule has 0 spiro atoms. The van der Waals surface area contributed by atoms with Gasteiger partial charge >= 0.3 is 0 Å². The van der Waals surface area contributed by atoms with Crippen LogP contribution >= 0.6 is 0 Å². The molecule has 2 aliphatic rings. The van der Waals surface area contributed by atoms with E-state index in [9.17, 15) is 14.0 Å². The molecule has 2 aromatic heterocycles. The first-order chi connectivity index (χ1) is 14.1. The quantitative estimate of drug-likeness (QED) is 0.681. The van der Waals surface area contributed by atoms with Crippen LogP contribution in [0.3, 0.4) is 0 Å². The molecule has 8 heteroatoms. The number of hydrogen-bond donors (Lipinski definition) is 0. The summed E-state index contributed by atoms with van der Waals surface area (Å²) < 4.78 is 17.2. The van der Waals surface area contributed by atoms with Crippen LogP contribution in [0.1, 0.15) is 34.1 Å². The van der Waals surface area contributed by atoms with Gasteiger partial charge in [-0.05, 0) is 24.5 Å². The van der Waals surface area contributed by atoms with Gasteiger partial charge in [-0.15, -0.1) is 5.10 Å². The van der Waals surface area contributed by atoms with Gasteiger partial charge in [0.25, 0.3) is 11.5 Å². The SMILES string of the molecule is O=C(c1cn(Cc2ccccc2F)nn1)N1CC2CC(C1)c1cccc(=O)n1C2. The second kappa shape index (κ2) is 6.95. The van der Waals surface area contributed by atoms with Crippen LogP contribution in [0.15, 0.2) is 53.5 Å². The molecule has 5 rings (SSSR count). The van der Waals surface area contributed by atoms with Crippen molar-refractivity contribution in [3.63, 3.8) is 0 Å². The van der Waals surface area contributed by atoms with Crippen molar-refractivity contribution in [3.05, 3.63) is 81.8 Å². The van der Waals surface area contributed by atoms with E-state index in [0.29, 0.717) is 25.2 Å². The van der Waals surface area contributed by atoms with Gasteiger partial charge in [0.1, 0.15) is 5.82 Å². The van der Waals surface area contributed by atoms with Gasteiger partial charge in [0, 0.05) is 42.9 Å². The molecule has 2 atom stereocenters. The lowest BCUT2D eigenvalue weighted by molar-refractivity contribution is 0.0588. The minimum atomic E-state index is -0.311. The molecule has 2 bridgehead atoms. The average molecular weight is 393 g/mol. The molecule has 29 heavy (non-hydrogen) atoms. The standard InChI is InChI=1S/C21H20FN5O2/c22-17-5-2-1-4-15(17)12-26-13-18(23-24-26)21(29)25-9-14-8-16(11-25)19-6-3-7-20(28)27(19)10-14/h1-7,13-14,16H,8-12H2. The number of benzene rings is 1. The second-order valence-corrected chi connectivity index (χ2v) is 7.80. The van der Waals surface area contributed by atoms with Gasteiger partial charge in [0.05, 0.1) is 12.7 Å². The van der Waals surface area contributed by atoms with E-state index in [-0.39, 0.29) is 41.4 Å². The molecule has 1 aromatic carbocycles. The lowest BCUT2D eigenvalue weighted by Crippen LogP contribution is -2.49. The number of likely N-dealkylation sites (tertiary alicyclic amines) is 1. The number of hydrogen-bond acceptors (Lipinski definition) is 4. The second-order valence-electron chi connectivity index (χ2n) is 7.80. The maximum atomic E-state index is 13.9. The van der Waals surface area contributed by atoms with Gasteiger partial charge in [0.15, 0.2) is 5.69 Å². The van der Waals surface area contributed by atoms with Crippen LogP contribution in [0.25, 0.3) is 0 Å². The third-order valence-electron chi connectivity index (χ3n) is 5.81. The Morgan fingerprint density at radius 1 is 1.10 bits per heavy atom. The highest BCUT2D eigenvalue weighted by Crippen LogP contribution is 2.35. The van der Waals surface area contributed by atoms with Gasteiger partial charge in [-0.25, -0.2) is 9.07 Å². The van der Waals surface area contributed by atoms with Gasteiger partial charge < -0.3 is 9.47 Å². The minimum absolute atomic E-state index is 0.0214. The fraction of sp³-hybridized carbons (Fsp3) is 0.333. The fourth-order valence-electron chi connectivity index (χ4n) is 4.50. The van der Waals surface area contributed by atoms with Crippen LogP contribution in [-0.4, -0.2) is 43.5 Å². The third kappa shape index (κ3) is 3.24. The summed E-state index contributed by atoms with van der Waals surface area (Å²) in [6, 6.07) is 11.8. The fourth-order valence-corrected chi connectivity index (χ4v) is 4.50. The molecule has 7 nitrogen and oxygen atoms in total. The first-order valence-corrected chi connectivity index (χ1v) is 9.71. The highest BCUT2D eigenvalue weighted by atomic mass is 19.1. The van der Waals surface area contributed by atoms with Crippen LogP contribution < -0.4 is 5.56 Å². The molecule has 0 saturated carbocycles. The van der Waals surface area contributed by atoms with Crippen LogP contribution in [0.5, 0.6) is 0 Å². The van der Waals surface area contributed by atoms with E-state index in [2.05, 4.69) is 10.3 Å². The van der Waals surface area contributed by atoms with Crippen LogP contribution in [-0.2, 0) is 13.1 Å². The predicted octanol–water partition coefficient (Wildman–Crippen LogP) is 1.89. The lowest BCUT2D eigenvalue weighted by atomic mass is 9.83. The number of amides is 1. The van der Waals surface area contributed by atoms with Gasteiger partial charge in [-0.1, -0.05) is 29.5 Å². The Kier molecular flexibility index (Phi) is 4.26. The Hall–Kier alpha value is -3.29. The van der Waals surface area contributed by atoms with Crippen LogP contribution in [0.2, 0.25) is 0 Å². The molecule has 0 N–H and O–H groups in total. The van der Waals surface area contributed by atoms with E-state index in [0.717, 1.165) is 12.1 Å². The van der Waals surface area contributed by atoms with Gasteiger partial charge in [0.2, 0.25) is 0 Å². The Morgan fingerprint density at radius 2 is 1.97 bits per heavy atom. The summed E-state index contributed by atoms with van der Waals surface area (Å²) >= 11 is 0. The highest BCUT2D eigenvalue weighted by Gasteiger charge is 2.37. The van der Waals surface area contributed by atoms with Gasteiger partial charge in [-0.2, -0.15) is 0 Å². The van der Waals surface area contributed by atoms with Crippen molar-refractivity contribution >= 4 is 5.91 Å². The van der Waals surface area contributed by atoms with Crippen LogP contribution in [0, 0.1) is 11.7 Å². The Labute approximate surface area is 166 Å². The summed E-state index contributed by atoms with van der Waals surface area (Å²) in [4.78, 5) is 27.0. The molecule has 2 unspecified atom stereocenters. The van der Waals surface area contributed by atoms with E-state index in [1.165, 1.54) is 10.7 Å². The predicted molar refractivity (Wildman–Crippen MR) is 103 cm³/mol. The largest absolute Gasteiger partial charge is 0.336 e. The van der Waals surface area contributed by atoms with E-state index in [4.69, 9.17) is 0 Å². The number of halogens is 1. The average Bonchev–Trinajstić information content (AvgIpc) is 3.18. The lowest BCUT2D eigenvalue weighted by Gasteiger charge is -2.42. The third-order valence-corrected chi connectivity index (χ3v) is 5.81. The molecule has 0 radical (unpaired) electrons. The van der Waals surface area contributed by atoms with E-state index >= 15 is 0 Å². The van der Waals surface area contributed by atoms with Crippen molar-refractivity contribution in [1.82, 2.24) is 24.5 Å². The number of carbonyl (C=O) groups is 1. The molecule has 4 heterocycles. The van der Waals surface area contributed by atoms with Crippen molar-refractivity contribution in [2.75, 3.05) is 13.1 Å². The highest BCUT2D eigenvalue weighted by molar-refractivity contribution is 5.92. The first-order valence-electron chi connectivity index (χ1n) is 9.71.